The van der Waals surface area contributed by atoms with E-state index in [1.165, 1.54) is 0 Å². The lowest BCUT2D eigenvalue weighted by Crippen LogP contribution is -2.49. The summed E-state index contributed by atoms with van der Waals surface area (Å²) in [6.45, 7) is 9.19. The summed E-state index contributed by atoms with van der Waals surface area (Å²) in [5.74, 6) is 0.312. The van der Waals surface area contributed by atoms with E-state index < -0.39 is 0 Å². The molecule has 2 saturated heterocycles. The van der Waals surface area contributed by atoms with Gasteiger partial charge < -0.3 is 14.5 Å². The molecule has 0 radical (unpaired) electrons. The number of nitrogens with zero attached hydrogens (tertiary/aromatic N) is 3. The van der Waals surface area contributed by atoms with Gasteiger partial charge in [-0.05, 0) is 51.3 Å². The minimum Gasteiger partial charge on any atom is -0.372 e. The van der Waals surface area contributed by atoms with Crippen molar-refractivity contribution in [1.29, 1.82) is 0 Å². The van der Waals surface area contributed by atoms with E-state index in [0.717, 1.165) is 36.3 Å². The molecular weight excluding hydrogens is 330 g/mol. The van der Waals surface area contributed by atoms with Crippen molar-refractivity contribution in [3.05, 3.63) is 29.1 Å². The maximum atomic E-state index is 12.7. The fourth-order valence-electron chi connectivity index (χ4n) is 4.06. The molecule has 2 amide bonds. The van der Waals surface area contributed by atoms with Crippen LogP contribution in [0.25, 0.3) is 0 Å². The highest BCUT2D eigenvalue weighted by Gasteiger charge is 2.41. The number of aryl methyl sites for hydroxylation is 2. The van der Waals surface area contributed by atoms with Gasteiger partial charge in [0.25, 0.3) is 0 Å². The normalized spacial score (nSPS) is 20.3. The van der Waals surface area contributed by atoms with E-state index in [-0.39, 0.29) is 17.4 Å². The molecule has 0 aromatic carbocycles. The van der Waals surface area contributed by atoms with Crippen LogP contribution in [0.4, 0.5) is 0 Å². The number of aromatic nitrogens is 1. The fourth-order valence-corrected chi connectivity index (χ4v) is 4.06. The summed E-state index contributed by atoms with van der Waals surface area (Å²) < 4.78 is 6.10. The van der Waals surface area contributed by atoms with Crippen LogP contribution in [0.5, 0.6) is 0 Å². The van der Waals surface area contributed by atoms with Gasteiger partial charge in [0.2, 0.25) is 11.8 Å². The molecule has 0 bridgehead atoms. The summed E-state index contributed by atoms with van der Waals surface area (Å²) in [5.41, 5.74) is 2.51. The topological polar surface area (TPSA) is 62.7 Å². The molecule has 3 heterocycles. The lowest BCUT2D eigenvalue weighted by atomic mass is 9.87. The van der Waals surface area contributed by atoms with Crippen molar-refractivity contribution in [2.45, 2.75) is 52.1 Å². The lowest BCUT2D eigenvalue weighted by molar-refractivity contribution is -0.140. The first-order valence-corrected chi connectivity index (χ1v) is 9.54. The Morgan fingerprint density at radius 3 is 2.46 bits per heavy atom. The third kappa shape index (κ3) is 4.23. The van der Waals surface area contributed by atoms with Gasteiger partial charge in [-0.3, -0.25) is 14.6 Å². The Morgan fingerprint density at radius 2 is 1.85 bits per heavy atom. The Kier molecular flexibility index (Phi) is 5.61. The van der Waals surface area contributed by atoms with Crippen LogP contribution in [0, 0.1) is 13.8 Å². The summed E-state index contributed by atoms with van der Waals surface area (Å²) >= 11 is 0. The molecular formula is C20H29N3O3. The van der Waals surface area contributed by atoms with E-state index in [1.54, 1.807) is 0 Å². The van der Waals surface area contributed by atoms with Crippen LogP contribution in [-0.2, 0) is 20.7 Å². The molecule has 2 aliphatic heterocycles. The van der Waals surface area contributed by atoms with Gasteiger partial charge in [-0.1, -0.05) is 0 Å². The third-order valence-corrected chi connectivity index (χ3v) is 5.50. The lowest BCUT2D eigenvalue weighted by Gasteiger charge is -2.40. The molecule has 0 atom stereocenters. The maximum Gasteiger partial charge on any atom is 0.226 e. The first-order valence-electron chi connectivity index (χ1n) is 9.54. The molecule has 0 aliphatic carbocycles. The Balaban J connectivity index is 1.59. The zero-order chi connectivity index (χ0) is 18.7. The second-order valence-electron chi connectivity index (χ2n) is 7.50. The van der Waals surface area contributed by atoms with Gasteiger partial charge in [0, 0.05) is 37.6 Å². The van der Waals surface area contributed by atoms with Crippen molar-refractivity contribution in [3.63, 3.8) is 0 Å². The Bertz CT molecular complexity index is 661. The van der Waals surface area contributed by atoms with E-state index in [9.17, 15) is 9.59 Å². The largest absolute Gasteiger partial charge is 0.372 e. The molecule has 142 valence electrons. The number of likely N-dealkylation sites (N-methyl/N-ethyl adjacent to an activating group) is 1. The van der Waals surface area contributed by atoms with Gasteiger partial charge in [0.05, 0.1) is 25.0 Å². The molecule has 1 spiro atoms. The molecule has 1 aromatic heterocycles. The Hall–Kier alpha value is -1.95. The monoisotopic (exact) mass is 359 g/mol. The van der Waals surface area contributed by atoms with Gasteiger partial charge in [0.15, 0.2) is 0 Å². The maximum absolute atomic E-state index is 12.7. The predicted octanol–water partition coefficient (Wildman–Crippen LogP) is 1.87. The fraction of sp³-hybridized carbons (Fsp3) is 0.650. The van der Waals surface area contributed by atoms with Crippen molar-refractivity contribution < 1.29 is 14.3 Å². The van der Waals surface area contributed by atoms with E-state index in [0.29, 0.717) is 39.1 Å². The van der Waals surface area contributed by atoms with Gasteiger partial charge in [-0.2, -0.15) is 0 Å². The van der Waals surface area contributed by atoms with Crippen LogP contribution in [0.1, 0.15) is 43.1 Å². The number of rotatable bonds is 3. The van der Waals surface area contributed by atoms with Gasteiger partial charge >= 0.3 is 0 Å². The predicted molar refractivity (Wildman–Crippen MR) is 98.8 cm³/mol. The quantitative estimate of drug-likeness (QED) is 0.827. The van der Waals surface area contributed by atoms with Crippen LogP contribution in [0.15, 0.2) is 12.1 Å². The number of hydrogen-bond donors (Lipinski definition) is 0. The molecule has 0 unspecified atom stereocenters. The highest BCUT2D eigenvalue weighted by Crippen LogP contribution is 2.32. The number of hydrogen-bond acceptors (Lipinski definition) is 4. The molecule has 1 aromatic rings. The molecule has 0 saturated carbocycles. The van der Waals surface area contributed by atoms with Crippen LogP contribution in [0.2, 0.25) is 0 Å². The van der Waals surface area contributed by atoms with Crippen molar-refractivity contribution >= 4 is 11.8 Å². The number of likely N-dealkylation sites (tertiary alicyclic amines) is 1. The van der Waals surface area contributed by atoms with Gasteiger partial charge in [-0.25, -0.2) is 0 Å². The molecule has 3 rings (SSSR count). The molecule has 0 N–H and O–H groups in total. The molecule has 26 heavy (non-hydrogen) atoms. The summed E-state index contributed by atoms with van der Waals surface area (Å²) in [7, 11) is 0. The minimum atomic E-state index is -0.387. The van der Waals surface area contributed by atoms with E-state index in [2.05, 4.69) is 4.98 Å². The SMILES string of the molecule is CCN1CCOC2(CCN(C(=O)Cc3cc(C)nc(C)c3)CC2)CC1=O. The second-order valence-corrected chi connectivity index (χ2v) is 7.50. The van der Waals surface area contributed by atoms with Crippen molar-refractivity contribution in [2.24, 2.45) is 0 Å². The van der Waals surface area contributed by atoms with Gasteiger partial charge in [-0.15, -0.1) is 0 Å². The molecule has 6 nitrogen and oxygen atoms in total. The van der Waals surface area contributed by atoms with Crippen LogP contribution in [-0.4, -0.2) is 65.0 Å². The zero-order valence-corrected chi connectivity index (χ0v) is 16.1. The Labute approximate surface area is 155 Å². The highest BCUT2D eigenvalue weighted by molar-refractivity contribution is 5.79. The standard InChI is InChI=1S/C20H29N3O3/c1-4-22-9-10-26-20(14-19(22)25)5-7-23(8-6-20)18(24)13-17-11-15(2)21-16(3)12-17/h11-12H,4-10,13-14H2,1-3H3. The number of ether oxygens (including phenoxy) is 1. The number of amides is 2. The number of piperidine rings is 1. The average molecular weight is 359 g/mol. The Morgan fingerprint density at radius 1 is 1.19 bits per heavy atom. The smallest absolute Gasteiger partial charge is 0.226 e. The minimum absolute atomic E-state index is 0.139. The molecule has 2 aliphatic rings. The first kappa shape index (κ1) is 18.8. The highest BCUT2D eigenvalue weighted by atomic mass is 16.5. The van der Waals surface area contributed by atoms with Crippen LogP contribution >= 0.6 is 0 Å². The first-order chi connectivity index (χ1) is 12.4. The average Bonchev–Trinajstić information content (AvgIpc) is 2.73. The van der Waals surface area contributed by atoms with E-state index in [4.69, 9.17) is 4.74 Å². The van der Waals surface area contributed by atoms with Crippen molar-refractivity contribution in [1.82, 2.24) is 14.8 Å². The van der Waals surface area contributed by atoms with E-state index >= 15 is 0 Å². The van der Waals surface area contributed by atoms with Crippen molar-refractivity contribution in [2.75, 3.05) is 32.8 Å². The number of carbonyl (C=O) groups is 2. The zero-order valence-electron chi connectivity index (χ0n) is 16.1. The number of carbonyl (C=O) groups excluding carboxylic acids is 2. The van der Waals surface area contributed by atoms with Crippen molar-refractivity contribution in [3.8, 4) is 0 Å². The number of pyridine rings is 1. The second kappa shape index (κ2) is 7.74. The summed E-state index contributed by atoms with van der Waals surface area (Å²) in [4.78, 5) is 33.2. The van der Waals surface area contributed by atoms with Crippen LogP contribution < -0.4 is 0 Å². The molecule has 6 heteroatoms. The van der Waals surface area contributed by atoms with Gasteiger partial charge in [0.1, 0.15) is 0 Å². The van der Waals surface area contributed by atoms with Crippen LogP contribution in [0.3, 0.4) is 0 Å². The third-order valence-electron chi connectivity index (χ3n) is 5.50. The summed E-state index contributed by atoms with van der Waals surface area (Å²) in [5, 5.41) is 0. The molecule has 2 fully saturated rings. The van der Waals surface area contributed by atoms with E-state index in [1.807, 2.05) is 42.7 Å². The summed E-state index contributed by atoms with van der Waals surface area (Å²) in [6.07, 6.45) is 2.30. The summed E-state index contributed by atoms with van der Waals surface area (Å²) in [6, 6.07) is 3.95.